The average Bonchev–Trinajstić information content (AvgIpc) is 2.45. The molecule has 0 radical (unpaired) electrons. The van der Waals surface area contributed by atoms with Gasteiger partial charge in [0, 0.05) is 18.0 Å². The molecule has 0 bridgehead atoms. The Morgan fingerprint density at radius 2 is 2.05 bits per heavy atom. The third-order valence-electron chi connectivity index (χ3n) is 3.62. The van der Waals surface area contributed by atoms with Crippen molar-refractivity contribution in [3.8, 4) is 0 Å². The van der Waals surface area contributed by atoms with Crippen LogP contribution in [0, 0.1) is 5.92 Å². The second-order valence-electron chi connectivity index (χ2n) is 5.56. The zero-order valence-corrected chi connectivity index (χ0v) is 12.3. The first kappa shape index (κ1) is 14.4. The van der Waals surface area contributed by atoms with E-state index in [1.807, 2.05) is 0 Å². The summed E-state index contributed by atoms with van der Waals surface area (Å²) in [6, 6.07) is 3.36. The minimum absolute atomic E-state index is 0.189. The van der Waals surface area contributed by atoms with E-state index in [4.69, 9.17) is 0 Å². The Bertz CT molecular complexity index is 542. The molecule has 1 amide bonds. The highest BCUT2D eigenvalue weighted by molar-refractivity contribution is 6.03. The van der Waals surface area contributed by atoms with E-state index < -0.39 is 0 Å². The highest BCUT2D eigenvalue weighted by Gasteiger charge is 2.20. The summed E-state index contributed by atoms with van der Waals surface area (Å²) in [6.45, 7) is 6.43. The molecule has 1 aliphatic carbocycles. The molecule has 4 heteroatoms. The second-order valence-corrected chi connectivity index (χ2v) is 5.56. The Hall–Kier alpha value is -1.97. The predicted octanol–water partition coefficient (Wildman–Crippen LogP) is 3.32. The number of hydrogen-bond donors (Lipinski definition) is 1. The topological polar surface area (TPSA) is 54.4 Å². The van der Waals surface area contributed by atoms with Crippen LogP contribution in [0.1, 0.15) is 50.4 Å². The highest BCUT2D eigenvalue weighted by atomic mass is 16.2. The molecule has 2 rings (SSSR count). The van der Waals surface area contributed by atoms with Gasteiger partial charge in [0.25, 0.3) is 5.91 Å². The van der Waals surface area contributed by atoms with Gasteiger partial charge < -0.3 is 0 Å². The summed E-state index contributed by atoms with van der Waals surface area (Å²) < 4.78 is 0. The summed E-state index contributed by atoms with van der Waals surface area (Å²) in [5.74, 6) is 0.431. The Balaban J connectivity index is 2.13. The molecule has 1 saturated carbocycles. The molecule has 0 unspecified atom stereocenters. The molecule has 0 aliphatic heterocycles. The summed E-state index contributed by atoms with van der Waals surface area (Å²) in [6.07, 6.45) is 6.38. The Kier molecular flexibility index (Phi) is 4.66. The highest BCUT2D eigenvalue weighted by Crippen LogP contribution is 2.27. The van der Waals surface area contributed by atoms with Gasteiger partial charge in [-0.1, -0.05) is 12.5 Å². The standard InChI is InChI=1S/C16H21N3O/c1-11(2)14-5-4-12(3)10-15(14)18-19-16(20)13-6-8-17-9-7-13/h6-9,12H,4-5,10H2,1-3H3,(H,19,20)/b18-15-/t12-/m0/s1. The van der Waals surface area contributed by atoms with E-state index in [-0.39, 0.29) is 5.91 Å². The van der Waals surface area contributed by atoms with Gasteiger partial charge in [-0.05, 0) is 56.7 Å². The van der Waals surface area contributed by atoms with Gasteiger partial charge >= 0.3 is 0 Å². The maximum Gasteiger partial charge on any atom is 0.271 e. The van der Waals surface area contributed by atoms with Crippen molar-refractivity contribution >= 4 is 11.6 Å². The number of nitrogens with one attached hydrogen (secondary N) is 1. The van der Waals surface area contributed by atoms with Crippen molar-refractivity contribution in [1.82, 2.24) is 10.4 Å². The van der Waals surface area contributed by atoms with Gasteiger partial charge in [0.15, 0.2) is 0 Å². The first-order valence-corrected chi connectivity index (χ1v) is 7.01. The van der Waals surface area contributed by atoms with Crippen LogP contribution in [-0.2, 0) is 0 Å². The van der Waals surface area contributed by atoms with Crippen LogP contribution in [0.4, 0.5) is 0 Å². The molecule has 4 nitrogen and oxygen atoms in total. The minimum atomic E-state index is -0.189. The first-order chi connectivity index (χ1) is 9.58. The lowest BCUT2D eigenvalue weighted by molar-refractivity contribution is 0.0954. The van der Waals surface area contributed by atoms with Gasteiger partial charge in [0.2, 0.25) is 0 Å². The fourth-order valence-electron chi connectivity index (χ4n) is 2.43. The lowest BCUT2D eigenvalue weighted by Crippen LogP contribution is -2.24. The number of nitrogens with zero attached hydrogens (tertiary/aromatic N) is 2. The molecule has 1 aromatic rings. The summed E-state index contributed by atoms with van der Waals surface area (Å²) in [4.78, 5) is 15.9. The SMILES string of the molecule is CC(C)=C1CC[C@H](C)C/C1=N/NC(=O)c1ccncc1. The maximum absolute atomic E-state index is 12.0. The molecular formula is C16H21N3O. The Morgan fingerprint density at radius 1 is 1.35 bits per heavy atom. The summed E-state index contributed by atoms with van der Waals surface area (Å²) in [5.41, 5.74) is 6.83. The zero-order chi connectivity index (χ0) is 14.5. The van der Waals surface area contributed by atoms with E-state index in [2.05, 4.69) is 36.3 Å². The number of pyridine rings is 1. The van der Waals surface area contributed by atoms with Gasteiger partial charge in [0.05, 0.1) is 5.71 Å². The van der Waals surface area contributed by atoms with Gasteiger partial charge in [-0.2, -0.15) is 5.10 Å². The maximum atomic E-state index is 12.0. The van der Waals surface area contributed by atoms with Crippen molar-refractivity contribution in [1.29, 1.82) is 0 Å². The van der Waals surface area contributed by atoms with Gasteiger partial charge in [-0.25, -0.2) is 5.43 Å². The van der Waals surface area contributed by atoms with Crippen molar-refractivity contribution in [3.05, 3.63) is 41.2 Å². The molecule has 1 fully saturated rings. The van der Waals surface area contributed by atoms with Gasteiger partial charge in [-0.3, -0.25) is 9.78 Å². The molecule has 1 heterocycles. The lowest BCUT2D eigenvalue weighted by atomic mass is 9.83. The Labute approximate surface area is 120 Å². The molecule has 20 heavy (non-hydrogen) atoms. The Morgan fingerprint density at radius 3 is 2.70 bits per heavy atom. The van der Waals surface area contributed by atoms with E-state index in [0.29, 0.717) is 11.5 Å². The summed E-state index contributed by atoms with van der Waals surface area (Å²) in [7, 11) is 0. The number of amides is 1. The monoisotopic (exact) mass is 271 g/mol. The summed E-state index contributed by atoms with van der Waals surface area (Å²) in [5, 5.41) is 4.35. The van der Waals surface area contributed by atoms with Crippen LogP contribution in [0.25, 0.3) is 0 Å². The van der Waals surface area contributed by atoms with Crippen molar-refractivity contribution in [2.45, 2.75) is 40.0 Å². The van der Waals surface area contributed by atoms with Crippen LogP contribution in [-0.4, -0.2) is 16.6 Å². The zero-order valence-electron chi connectivity index (χ0n) is 12.3. The molecular weight excluding hydrogens is 250 g/mol. The number of hydrazone groups is 1. The first-order valence-electron chi connectivity index (χ1n) is 7.01. The van der Waals surface area contributed by atoms with Crippen molar-refractivity contribution in [2.24, 2.45) is 11.0 Å². The number of carbonyl (C=O) groups excluding carboxylic acids is 1. The fraction of sp³-hybridized carbons (Fsp3) is 0.438. The molecule has 0 aromatic carbocycles. The lowest BCUT2D eigenvalue weighted by Gasteiger charge is -2.23. The number of rotatable bonds is 2. The number of allylic oxidation sites excluding steroid dienone is 2. The van der Waals surface area contributed by atoms with E-state index in [9.17, 15) is 4.79 Å². The average molecular weight is 271 g/mol. The number of hydrogen-bond acceptors (Lipinski definition) is 3. The van der Waals surface area contributed by atoms with Crippen molar-refractivity contribution in [3.63, 3.8) is 0 Å². The summed E-state index contributed by atoms with van der Waals surface area (Å²) >= 11 is 0. The van der Waals surface area contributed by atoms with Crippen LogP contribution in [0.2, 0.25) is 0 Å². The van der Waals surface area contributed by atoms with E-state index in [0.717, 1.165) is 18.6 Å². The van der Waals surface area contributed by atoms with Gasteiger partial charge in [0.1, 0.15) is 0 Å². The molecule has 1 N–H and O–H groups in total. The molecule has 1 aromatic heterocycles. The molecule has 106 valence electrons. The van der Waals surface area contributed by atoms with Gasteiger partial charge in [-0.15, -0.1) is 0 Å². The van der Waals surface area contributed by atoms with Crippen LogP contribution < -0.4 is 5.43 Å². The molecule has 1 aliphatic rings. The third kappa shape index (κ3) is 3.53. The van der Waals surface area contributed by atoms with E-state index in [1.165, 1.54) is 17.6 Å². The van der Waals surface area contributed by atoms with Crippen molar-refractivity contribution < 1.29 is 4.79 Å². The predicted molar refractivity (Wildman–Crippen MR) is 80.5 cm³/mol. The smallest absolute Gasteiger partial charge is 0.267 e. The number of carbonyl (C=O) groups is 1. The normalized spacial score (nSPS) is 20.9. The largest absolute Gasteiger partial charge is 0.271 e. The molecule has 0 saturated heterocycles. The third-order valence-corrected chi connectivity index (χ3v) is 3.62. The minimum Gasteiger partial charge on any atom is -0.267 e. The quantitative estimate of drug-likeness (QED) is 0.839. The molecule has 0 spiro atoms. The van der Waals surface area contributed by atoms with Crippen LogP contribution >= 0.6 is 0 Å². The van der Waals surface area contributed by atoms with Crippen LogP contribution in [0.3, 0.4) is 0 Å². The van der Waals surface area contributed by atoms with Crippen LogP contribution in [0.15, 0.2) is 40.8 Å². The second kappa shape index (κ2) is 6.46. The van der Waals surface area contributed by atoms with E-state index in [1.54, 1.807) is 24.5 Å². The van der Waals surface area contributed by atoms with Crippen LogP contribution in [0.5, 0.6) is 0 Å². The number of aromatic nitrogens is 1. The molecule has 1 atom stereocenters. The fourth-order valence-corrected chi connectivity index (χ4v) is 2.43. The van der Waals surface area contributed by atoms with Crippen molar-refractivity contribution in [2.75, 3.05) is 0 Å². The van der Waals surface area contributed by atoms with E-state index >= 15 is 0 Å².